The molecule has 3 N–H and O–H groups in total. The Morgan fingerprint density at radius 2 is 1.60 bits per heavy atom. The molecular weight excluding hydrogens is 297 g/mol. The highest BCUT2D eigenvalue weighted by molar-refractivity contribution is 6.37. The number of halogens is 2. The lowest BCUT2D eigenvalue weighted by atomic mass is 10.0. The van der Waals surface area contributed by atoms with Crippen LogP contribution in [0.2, 0.25) is 10.0 Å². The summed E-state index contributed by atoms with van der Waals surface area (Å²) >= 11 is 11.8. The zero-order valence-corrected chi connectivity index (χ0v) is 12.4. The van der Waals surface area contributed by atoms with Gasteiger partial charge in [-0.1, -0.05) is 42.3 Å². The maximum atomic E-state index is 9.55. The predicted octanol–water partition coefficient (Wildman–Crippen LogP) is 4.97. The molecule has 0 aliphatic rings. The molecule has 0 spiro atoms. The monoisotopic (exact) mass is 311 g/mol. The van der Waals surface area contributed by atoms with Gasteiger partial charge in [0.2, 0.25) is 0 Å². The van der Waals surface area contributed by atoms with Gasteiger partial charge in [0.05, 0.1) is 16.1 Å². The summed E-state index contributed by atoms with van der Waals surface area (Å²) in [6.45, 7) is 2.05. The van der Waals surface area contributed by atoms with Crippen LogP contribution in [-0.4, -0.2) is 10.2 Å². The molecule has 0 aliphatic carbocycles. The Hall–Kier alpha value is -1.58. The van der Waals surface area contributed by atoms with Crippen LogP contribution in [0.15, 0.2) is 36.4 Å². The van der Waals surface area contributed by atoms with Crippen molar-refractivity contribution in [3.05, 3.63) is 52.0 Å². The molecule has 0 fully saturated rings. The lowest BCUT2D eigenvalue weighted by molar-refractivity contribution is 0.474. The highest BCUT2D eigenvalue weighted by Gasteiger charge is 2.12. The van der Waals surface area contributed by atoms with Gasteiger partial charge in [-0.3, -0.25) is 0 Å². The summed E-state index contributed by atoms with van der Waals surface area (Å²) in [5, 5.41) is 22.6. The van der Waals surface area contributed by atoms with Crippen LogP contribution in [-0.2, 0) is 0 Å². The second-order valence-corrected chi connectivity index (χ2v) is 5.30. The molecule has 3 nitrogen and oxygen atoms in total. The van der Waals surface area contributed by atoms with Gasteiger partial charge < -0.3 is 15.5 Å². The Labute approximate surface area is 127 Å². The molecule has 0 amide bonds. The van der Waals surface area contributed by atoms with Crippen LogP contribution >= 0.6 is 23.2 Å². The van der Waals surface area contributed by atoms with E-state index in [1.807, 2.05) is 19.1 Å². The van der Waals surface area contributed by atoms with Crippen LogP contribution in [0.4, 0.5) is 5.69 Å². The standard InChI is InChI=1S/C15H15Cl2NO2/c1-2-14(9-3-5-11(19)6-4-9)18-10-7-12(16)15(20)13(17)8-10/h3-8,14,18-20H,2H2,1H3. The third-order valence-electron chi connectivity index (χ3n) is 3.06. The summed E-state index contributed by atoms with van der Waals surface area (Å²) in [5.41, 5.74) is 1.78. The molecule has 0 radical (unpaired) electrons. The largest absolute Gasteiger partial charge is 0.508 e. The molecule has 106 valence electrons. The quantitative estimate of drug-likeness (QED) is 0.699. The van der Waals surface area contributed by atoms with E-state index in [9.17, 15) is 10.2 Å². The van der Waals surface area contributed by atoms with Gasteiger partial charge >= 0.3 is 0 Å². The summed E-state index contributed by atoms with van der Waals surface area (Å²) in [7, 11) is 0. The fourth-order valence-corrected chi connectivity index (χ4v) is 2.46. The lowest BCUT2D eigenvalue weighted by Gasteiger charge is -2.19. The molecule has 0 saturated carbocycles. The topological polar surface area (TPSA) is 52.5 Å². The molecule has 0 saturated heterocycles. The first-order chi connectivity index (χ1) is 9.51. The van der Waals surface area contributed by atoms with Crippen LogP contribution in [0.5, 0.6) is 11.5 Å². The number of phenolic OH excluding ortho intramolecular Hbond substituents is 2. The number of anilines is 1. The van der Waals surface area contributed by atoms with E-state index in [1.165, 1.54) is 0 Å². The van der Waals surface area contributed by atoms with Crippen molar-refractivity contribution in [1.29, 1.82) is 0 Å². The summed E-state index contributed by atoms with van der Waals surface area (Å²) in [6, 6.07) is 10.3. The fraction of sp³-hybridized carbons (Fsp3) is 0.200. The molecular formula is C15H15Cl2NO2. The van der Waals surface area contributed by atoms with E-state index in [0.29, 0.717) is 0 Å². The highest BCUT2D eigenvalue weighted by Crippen LogP contribution is 2.36. The molecule has 2 aromatic rings. The van der Waals surface area contributed by atoms with Crippen molar-refractivity contribution in [2.45, 2.75) is 19.4 Å². The van der Waals surface area contributed by atoms with Crippen LogP contribution in [0.1, 0.15) is 24.9 Å². The first-order valence-electron chi connectivity index (χ1n) is 6.24. The van der Waals surface area contributed by atoms with Gasteiger partial charge in [0.15, 0.2) is 5.75 Å². The van der Waals surface area contributed by atoms with Crippen molar-refractivity contribution in [3.8, 4) is 11.5 Å². The number of nitrogens with one attached hydrogen (secondary N) is 1. The smallest absolute Gasteiger partial charge is 0.152 e. The first-order valence-corrected chi connectivity index (χ1v) is 7.00. The summed E-state index contributed by atoms with van der Waals surface area (Å²) in [5.74, 6) is 0.121. The zero-order valence-electron chi connectivity index (χ0n) is 10.9. The molecule has 0 aromatic heterocycles. The Kier molecular flexibility index (Phi) is 4.63. The molecule has 0 aliphatic heterocycles. The SMILES string of the molecule is CCC(Nc1cc(Cl)c(O)c(Cl)c1)c1ccc(O)cc1. The summed E-state index contributed by atoms with van der Waals surface area (Å²) in [6.07, 6.45) is 0.848. The molecule has 2 rings (SSSR count). The van der Waals surface area contributed by atoms with E-state index in [4.69, 9.17) is 23.2 Å². The average Bonchev–Trinajstić information content (AvgIpc) is 2.43. The zero-order chi connectivity index (χ0) is 14.7. The molecule has 20 heavy (non-hydrogen) atoms. The minimum atomic E-state index is -0.114. The molecule has 0 bridgehead atoms. The third-order valence-corrected chi connectivity index (χ3v) is 3.64. The number of aromatic hydroxyl groups is 2. The van der Waals surface area contributed by atoms with Crippen molar-refractivity contribution >= 4 is 28.9 Å². The Morgan fingerprint density at radius 1 is 1.05 bits per heavy atom. The van der Waals surface area contributed by atoms with Gasteiger partial charge in [0.1, 0.15) is 5.75 Å². The maximum absolute atomic E-state index is 9.55. The number of phenols is 2. The molecule has 1 atom stereocenters. The molecule has 1 unspecified atom stereocenters. The van der Waals surface area contributed by atoms with Gasteiger partial charge in [0, 0.05) is 5.69 Å². The van der Waals surface area contributed by atoms with Gasteiger partial charge in [-0.2, -0.15) is 0 Å². The number of benzene rings is 2. The second-order valence-electron chi connectivity index (χ2n) is 4.49. The minimum absolute atomic E-state index is 0.0623. The van der Waals surface area contributed by atoms with Gasteiger partial charge in [-0.05, 0) is 36.2 Å². The predicted molar refractivity (Wildman–Crippen MR) is 82.9 cm³/mol. The van der Waals surface area contributed by atoms with E-state index in [1.54, 1.807) is 24.3 Å². The van der Waals surface area contributed by atoms with E-state index >= 15 is 0 Å². The highest BCUT2D eigenvalue weighted by atomic mass is 35.5. The number of hydrogen-bond donors (Lipinski definition) is 3. The van der Waals surface area contributed by atoms with Crippen molar-refractivity contribution in [2.24, 2.45) is 0 Å². The normalized spacial score (nSPS) is 12.2. The van der Waals surface area contributed by atoms with Gasteiger partial charge in [0.25, 0.3) is 0 Å². The van der Waals surface area contributed by atoms with Crippen LogP contribution in [0.25, 0.3) is 0 Å². The molecule has 5 heteroatoms. The molecule has 2 aromatic carbocycles. The van der Waals surface area contributed by atoms with Crippen molar-refractivity contribution in [1.82, 2.24) is 0 Å². The minimum Gasteiger partial charge on any atom is -0.508 e. The van der Waals surface area contributed by atoms with Crippen LogP contribution in [0, 0.1) is 0 Å². The van der Waals surface area contributed by atoms with Crippen LogP contribution < -0.4 is 5.32 Å². The third kappa shape index (κ3) is 3.30. The van der Waals surface area contributed by atoms with Crippen molar-refractivity contribution < 1.29 is 10.2 Å². The Morgan fingerprint density at radius 3 is 2.10 bits per heavy atom. The van der Waals surface area contributed by atoms with E-state index in [-0.39, 0.29) is 27.6 Å². The van der Waals surface area contributed by atoms with E-state index in [2.05, 4.69) is 5.32 Å². The number of hydrogen-bond acceptors (Lipinski definition) is 3. The summed E-state index contributed by atoms with van der Waals surface area (Å²) < 4.78 is 0. The Bertz CT molecular complexity index is 576. The average molecular weight is 312 g/mol. The van der Waals surface area contributed by atoms with Crippen molar-refractivity contribution in [3.63, 3.8) is 0 Å². The van der Waals surface area contributed by atoms with Gasteiger partial charge in [-0.25, -0.2) is 0 Å². The van der Waals surface area contributed by atoms with Crippen molar-refractivity contribution in [2.75, 3.05) is 5.32 Å². The number of rotatable bonds is 4. The fourth-order valence-electron chi connectivity index (χ4n) is 1.98. The summed E-state index contributed by atoms with van der Waals surface area (Å²) in [4.78, 5) is 0. The Balaban J connectivity index is 2.24. The van der Waals surface area contributed by atoms with E-state index in [0.717, 1.165) is 17.7 Å². The van der Waals surface area contributed by atoms with Gasteiger partial charge in [-0.15, -0.1) is 0 Å². The van der Waals surface area contributed by atoms with Crippen LogP contribution in [0.3, 0.4) is 0 Å². The molecule has 0 heterocycles. The van der Waals surface area contributed by atoms with E-state index < -0.39 is 0 Å². The first kappa shape index (κ1) is 14.8. The lowest BCUT2D eigenvalue weighted by Crippen LogP contribution is -2.09. The maximum Gasteiger partial charge on any atom is 0.152 e. The second kappa shape index (κ2) is 6.25.